The van der Waals surface area contributed by atoms with Crippen molar-refractivity contribution in [1.29, 1.82) is 0 Å². The third-order valence-corrected chi connectivity index (χ3v) is 4.99. The lowest BCUT2D eigenvalue weighted by Gasteiger charge is -2.19. The first-order valence-electron chi connectivity index (χ1n) is 9.31. The lowest BCUT2D eigenvalue weighted by Crippen LogP contribution is -2.14. The van der Waals surface area contributed by atoms with Crippen LogP contribution in [0, 0.1) is 0 Å². The zero-order valence-electron chi connectivity index (χ0n) is 16.6. The van der Waals surface area contributed by atoms with Crippen LogP contribution < -0.4 is 10.6 Å². The van der Waals surface area contributed by atoms with E-state index in [1.54, 1.807) is 36.4 Å². The van der Waals surface area contributed by atoms with Gasteiger partial charge in [-0.25, -0.2) is 0 Å². The van der Waals surface area contributed by atoms with Gasteiger partial charge in [-0.05, 0) is 65.6 Å². The van der Waals surface area contributed by atoms with Gasteiger partial charge in [-0.3, -0.25) is 9.59 Å². The lowest BCUT2D eigenvalue weighted by atomic mass is 9.87. The van der Waals surface area contributed by atoms with Gasteiger partial charge in [0.15, 0.2) is 0 Å². The number of rotatable bonds is 4. The number of carbonyl (C=O) groups excluding carboxylic acids is 2. The van der Waals surface area contributed by atoms with E-state index in [1.807, 2.05) is 36.4 Å². The van der Waals surface area contributed by atoms with E-state index >= 15 is 0 Å². The smallest absolute Gasteiger partial charge is 0.255 e. The van der Waals surface area contributed by atoms with Crippen LogP contribution >= 0.6 is 15.9 Å². The largest absolute Gasteiger partial charge is 0.322 e. The first kappa shape index (κ1) is 20.8. The normalized spacial score (nSPS) is 11.0. The highest BCUT2D eigenvalue weighted by Gasteiger charge is 2.14. The molecular formula is C24H23BrN2O2. The number of carbonyl (C=O) groups is 2. The maximum Gasteiger partial charge on any atom is 0.255 e. The van der Waals surface area contributed by atoms with Gasteiger partial charge >= 0.3 is 0 Å². The molecule has 0 aliphatic heterocycles. The van der Waals surface area contributed by atoms with Crippen LogP contribution in [0.15, 0.2) is 77.3 Å². The second kappa shape index (κ2) is 8.62. The molecule has 0 atom stereocenters. The first-order valence-corrected chi connectivity index (χ1v) is 10.1. The van der Waals surface area contributed by atoms with E-state index in [4.69, 9.17) is 0 Å². The predicted molar refractivity (Wildman–Crippen MR) is 122 cm³/mol. The first-order chi connectivity index (χ1) is 13.7. The highest BCUT2D eigenvalue weighted by molar-refractivity contribution is 9.10. The molecule has 3 aromatic rings. The zero-order chi connectivity index (χ0) is 21.0. The van der Waals surface area contributed by atoms with E-state index in [9.17, 15) is 9.59 Å². The molecule has 0 bridgehead atoms. The molecule has 0 heterocycles. The lowest BCUT2D eigenvalue weighted by molar-refractivity contribution is 0.101. The third kappa shape index (κ3) is 5.55. The highest BCUT2D eigenvalue weighted by atomic mass is 79.9. The van der Waals surface area contributed by atoms with E-state index in [0.29, 0.717) is 22.5 Å². The molecule has 5 heteroatoms. The third-order valence-electron chi connectivity index (χ3n) is 4.50. The molecule has 2 N–H and O–H groups in total. The van der Waals surface area contributed by atoms with E-state index < -0.39 is 0 Å². The molecule has 148 valence electrons. The van der Waals surface area contributed by atoms with Crippen LogP contribution in [0.25, 0.3) is 0 Å². The molecule has 4 nitrogen and oxygen atoms in total. The number of anilines is 2. The van der Waals surface area contributed by atoms with Gasteiger partial charge in [0.2, 0.25) is 0 Å². The fourth-order valence-corrected chi connectivity index (χ4v) is 3.19. The minimum atomic E-state index is -0.193. The van der Waals surface area contributed by atoms with E-state index in [2.05, 4.69) is 47.3 Å². The van der Waals surface area contributed by atoms with Gasteiger partial charge in [-0.2, -0.15) is 0 Å². The molecule has 0 unspecified atom stereocenters. The van der Waals surface area contributed by atoms with E-state index in [-0.39, 0.29) is 17.2 Å². The van der Waals surface area contributed by atoms with Crippen LogP contribution in [0.5, 0.6) is 0 Å². The van der Waals surface area contributed by atoms with Crippen LogP contribution in [0.1, 0.15) is 47.1 Å². The number of hydrogen-bond acceptors (Lipinski definition) is 2. The second-order valence-corrected chi connectivity index (χ2v) is 8.74. The molecule has 0 aromatic heterocycles. The van der Waals surface area contributed by atoms with Crippen LogP contribution in [-0.2, 0) is 5.41 Å². The van der Waals surface area contributed by atoms with Crippen LogP contribution in [0.2, 0.25) is 0 Å². The number of amides is 2. The molecule has 0 saturated heterocycles. The summed E-state index contributed by atoms with van der Waals surface area (Å²) < 4.78 is 0.846. The summed E-state index contributed by atoms with van der Waals surface area (Å²) in [6.07, 6.45) is 0. The Bertz CT molecular complexity index is 1020. The Labute approximate surface area is 179 Å². The fraction of sp³-hybridized carbons (Fsp3) is 0.167. The average molecular weight is 451 g/mol. The Kier molecular flexibility index (Phi) is 6.18. The van der Waals surface area contributed by atoms with Crippen molar-refractivity contribution in [2.75, 3.05) is 10.6 Å². The molecule has 0 spiro atoms. The molecule has 29 heavy (non-hydrogen) atoms. The SMILES string of the molecule is CC(C)(C)c1ccc(C(=O)Nc2ccc(NC(=O)c3cccc(Br)c3)cc2)cc1. The Morgan fingerprint density at radius 2 is 1.24 bits per heavy atom. The number of nitrogens with one attached hydrogen (secondary N) is 2. The summed E-state index contributed by atoms with van der Waals surface area (Å²) in [4.78, 5) is 24.8. The van der Waals surface area contributed by atoms with Crippen molar-refractivity contribution in [2.45, 2.75) is 26.2 Å². The molecule has 0 aliphatic carbocycles. The Hall–Kier alpha value is -2.92. The highest BCUT2D eigenvalue weighted by Crippen LogP contribution is 2.23. The molecule has 0 saturated carbocycles. The molecule has 2 amide bonds. The van der Waals surface area contributed by atoms with Gasteiger partial charge in [0.05, 0.1) is 0 Å². The molecular weight excluding hydrogens is 428 g/mol. The van der Waals surface area contributed by atoms with Crippen LogP contribution in [-0.4, -0.2) is 11.8 Å². The van der Waals surface area contributed by atoms with Crippen molar-refractivity contribution >= 4 is 39.1 Å². The van der Waals surface area contributed by atoms with Crippen LogP contribution in [0.3, 0.4) is 0 Å². The molecule has 3 rings (SSSR count). The maximum atomic E-state index is 12.5. The van der Waals surface area contributed by atoms with Crippen molar-refractivity contribution in [1.82, 2.24) is 0 Å². The van der Waals surface area contributed by atoms with E-state index in [0.717, 1.165) is 4.47 Å². The van der Waals surface area contributed by atoms with Crippen molar-refractivity contribution in [3.63, 3.8) is 0 Å². The number of halogens is 1. The summed E-state index contributed by atoms with van der Waals surface area (Å²) >= 11 is 3.36. The summed E-state index contributed by atoms with van der Waals surface area (Å²) in [6.45, 7) is 6.41. The summed E-state index contributed by atoms with van der Waals surface area (Å²) in [5.74, 6) is -0.363. The Morgan fingerprint density at radius 3 is 1.72 bits per heavy atom. The molecule has 3 aromatic carbocycles. The molecule has 0 fully saturated rings. The second-order valence-electron chi connectivity index (χ2n) is 7.82. The van der Waals surface area contributed by atoms with E-state index in [1.165, 1.54) is 5.56 Å². The minimum absolute atomic E-state index is 0.0467. The van der Waals surface area contributed by atoms with Gasteiger partial charge in [0.1, 0.15) is 0 Å². The average Bonchev–Trinajstić information content (AvgIpc) is 2.69. The minimum Gasteiger partial charge on any atom is -0.322 e. The zero-order valence-corrected chi connectivity index (χ0v) is 18.2. The monoisotopic (exact) mass is 450 g/mol. The standard InChI is InChI=1S/C24H23BrN2O2/c1-24(2,3)18-9-7-16(8-10-18)22(28)26-20-11-13-21(14-12-20)27-23(29)17-5-4-6-19(25)15-17/h4-15H,1-3H3,(H,26,28)(H,27,29). The van der Waals surface area contributed by atoms with Crippen molar-refractivity contribution in [3.05, 3.63) is 94.0 Å². The summed E-state index contributed by atoms with van der Waals surface area (Å²) in [6, 6.07) is 21.9. The van der Waals surface area contributed by atoms with Crippen molar-refractivity contribution < 1.29 is 9.59 Å². The Morgan fingerprint density at radius 1 is 0.724 bits per heavy atom. The van der Waals surface area contributed by atoms with Gasteiger partial charge in [-0.15, -0.1) is 0 Å². The summed E-state index contributed by atoms with van der Waals surface area (Å²) in [7, 11) is 0. The van der Waals surface area contributed by atoms with Crippen molar-refractivity contribution in [3.8, 4) is 0 Å². The van der Waals surface area contributed by atoms with Gasteiger partial charge in [0, 0.05) is 27.0 Å². The topological polar surface area (TPSA) is 58.2 Å². The van der Waals surface area contributed by atoms with Crippen LogP contribution in [0.4, 0.5) is 11.4 Å². The molecule has 0 radical (unpaired) electrons. The predicted octanol–water partition coefficient (Wildman–Crippen LogP) is 6.25. The maximum absolute atomic E-state index is 12.5. The van der Waals surface area contributed by atoms with Gasteiger partial charge < -0.3 is 10.6 Å². The molecule has 0 aliphatic rings. The van der Waals surface area contributed by atoms with Gasteiger partial charge in [-0.1, -0.05) is 54.9 Å². The quantitative estimate of drug-likeness (QED) is 0.493. The number of benzene rings is 3. The summed E-state index contributed by atoms with van der Waals surface area (Å²) in [5, 5.41) is 5.72. The van der Waals surface area contributed by atoms with Gasteiger partial charge in [0.25, 0.3) is 11.8 Å². The number of hydrogen-bond donors (Lipinski definition) is 2. The summed E-state index contributed by atoms with van der Waals surface area (Å²) in [5.41, 5.74) is 3.71. The van der Waals surface area contributed by atoms with Crippen molar-refractivity contribution in [2.24, 2.45) is 0 Å². The fourth-order valence-electron chi connectivity index (χ4n) is 2.79. The Balaban J connectivity index is 1.63.